The average Bonchev–Trinajstić information content (AvgIpc) is 3.40. The fourth-order valence-corrected chi connectivity index (χ4v) is 6.89. The second kappa shape index (κ2) is 6.69. The van der Waals surface area contributed by atoms with E-state index >= 15 is 0 Å². The van der Waals surface area contributed by atoms with E-state index in [0.717, 1.165) is 35.3 Å². The molecule has 0 spiro atoms. The number of nitrogens with zero attached hydrogens (tertiary/aromatic N) is 3. The Bertz CT molecular complexity index is 1090. The van der Waals surface area contributed by atoms with E-state index in [2.05, 4.69) is 50.4 Å². The van der Waals surface area contributed by atoms with Crippen molar-refractivity contribution in [2.45, 2.75) is 57.4 Å². The number of fused-ring (bicyclic) bond motifs is 6. The molecule has 6 nitrogen and oxygen atoms in total. The zero-order valence-corrected chi connectivity index (χ0v) is 17.7. The van der Waals surface area contributed by atoms with E-state index in [4.69, 9.17) is 4.74 Å². The summed E-state index contributed by atoms with van der Waals surface area (Å²) in [5.41, 5.74) is 4.98. The first-order chi connectivity index (χ1) is 14.7. The van der Waals surface area contributed by atoms with Crippen molar-refractivity contribution in [3.63, 3.8) is 0 Å². The number of hydrogen-bond acceptors (Lipinski definition) is 5. The Morgan fingerprint density at radius 2 is 2.07 bits per heavy atom. The third kappa shape index (κ3) is 2.65. The molecule has 1 aromatic carbocycles. The van der Waals surface area contributed by atoms with Crippen LogP contribution in [-0.4, -0.2) is 27.0 Å². The SMILES string of the molecule is COc1ccc2c(c1)[C@H](Nc1ncnc3nc[nH]c13)C[C@@H]1[C@@H]2CC[C@]2(C)CCC[C@@H]12. The van der Waals surface area contributed by atoms with Gasteiger partial charge in [0.05, 0.1) is 19.5 Å². The van der Waals surface area contributed by atoms with Crippen molar-refractivity contribution in [1.82, 2.24) is 19.9 Å². The molecule has 0 unspecified atom stereocenters. The highest BCUT2D eigenvalue weighted by atomic mass is 16.5. The van der Waals surface area contributed by atoms with Crippen molar-refractivity contribution in [1.29, 1.82) is 0 Å². The molecule has 2 aromatic heterocycles. The molecule has 30 heavy (non-hydrogen) atoms. The van der Waals surface area contributed by atoms with E-state index in [9.17, 15) is 0 Å². The first kappa shape index (κ1) is 18.2. The Kier molecular flexibility index (Phi) is 4.05. The molecule has 0 bridgehead atoms. The van der Waals surface area contributed by atoms with Gasteiger partial charge < -0.3 is 15.0 Å². The normalized spacial score (nSPS) is 32.3. The van der Waals surface area contributed by atoms with Crippen LogP contribution in [0.3, 0.4) is 0 Å². The lowest BCUT2D eigenvalue weighted by atomic mass is 9.55. The largest absolute Gasteiger partial charge is 0.497 e. The van der Waals surface area contributed by atoms with Crippen LogP contribution in [0.2, 0.25) is 0 Å². The number of anilines is 1. The first-order valence-corrected chi connectivity index (χ1v) is 11.2. The predicted octanol–water partition coefficient (Wildman–Crippen LogP) is 5.22. The fraction of sp³-hybridized carbons (Fsp3) is 0.542. The van der Waals surface area contributed by atoms with Crippen LogP contribution in [0.25, 0.3) is 11.2 Å². The summed E-state index contributed by atoms with van der Waals surface area (Å²) in [6, 6.07) is 6.90. The van der Waals surface area contributed by atoms with Gasteiger partial charge in [0, 0.05) is 0 Å². The highest BCUT2D eigenvalue weighted by Gasteiger charge is 2.51. The van der Waals surface area contributed by atoms with Crippen molar-refractivity contribution in [3.8, 4) is 5.75 Å². The summed E-state index contributed by atoms with van der Waals surface area (Å²) >= 11 is 0. The summed E-state index contributed by atoms with van der Waals surface area (Å²) in [5.74, 6) is 3.98. The number of ether oxygens (including phenoxy) is 1. The number of hydrogen-bond donors (Lipinski definition) is 2. The molecule has 6 rings (SSSR count). The molecule has 6 heteroatoms. The maximum atomic E-state index is 5.59. The number of aromatic amines is 1. The highest BCUT2D eigenvalue weighted by molar-refractivity contribution is 5.82. The number of nitrogens with one attached hydrogen (secondary N) is 2. The molecule has 2 N–H and O–H groups in total. The highest BCUT2D eigenvalue weighted by Crippen LogP contribution is 2.62. The Balaban J connectivity index is 1.43. The molecular weight excluding hydrogens is 374 g/mol. The predicted molar refractivity (Wildman–Crippen MR) is 117 cm³/mol. The van der Waals surface area contributed by atoms with Crippen LogP contribution in [0, 0.1) is 17.3 Å². The molecule has 156 valence electrons. The van der Waals surface area contributed by atoms with E-state index in [1.807, 2.05) is 0 Å². The number of H-pyrrole nitrogens is 1. The van der Waals surface area contributed by atoms with Gasteiger partial charge in [-0.05, 0) is 78.5 Å². The van der Waals surface area contributed by atoms with Crippen LogP contribution in [0.1, 0.15) is 68.5 Å². The summed E-state index contributed by atoms with van der Waals surface area (Å²) in [6.07, 6.45) is 11.3. The van der Waals surface area contributed by atoms with Crippen molar-refractivity contribution < 1.29 is 4.74 Å². The maximum absolute atomic E-state index is 5.59. The lowest BCUT2D eigenvalue weighted by molar-refractivity contribution is 0.0556. The molecule has 3 aromatic rings. The van der Waals surface area contributed by atoms with Gasteiger partial charge in [-0.25, -0.2) is 15.0 Å². The van der Waals surface area contributed by atoms with Gasteiger partial charge >= 0.3 is 0 Å². The van der Waals surface area contributed by atoms with Crippen LogP contribution < -0.4 is 10.1 Å². The number of methoxy groups -OCH3 is 1. The molecule has 3 aliphatic rings. The minimum atomic E-state index is 0.209. The summed E-state index contributed by atoms with van der Waals surface area (Å²) in [4.78, 5) is 16.3. The van der Waals surface area contributed by atoms with E-state index in [1.54, 1.807) is 19.8 Å². The van der Waals surface area contributed by atoms with E-state index < -0.39 is 0 Å². The van der Waals surface area contributed by atoms with Crippen molar-refractivity contribution in [2.75, 3.05) is 12.4 Å². The maximum Gasteiger partial charge on any atom is 0.182 e. The summed E-state index contributed by atoms with van der Waals surface area (Å²) in [6.45, 7) is 2.55. The molecule has 3 aliphatic carbocycles. The Hall–Kier alpha value is -2.63. The van der Waals surface area contributed by atoms with Gasteiger partial charge in [0.1, 0.15) is 17.6 Å². The monoisotopic (exact) mass is 403 g/mol. The lowest BCUT2D eigenvalue weighted by Gasteiger charge is -2.51. The zero-order valence-electron chi connectivity index (χ0n) is 17.7. The Labute approximate surface area is 176 Å². The van der Waals surface area contributed by atoms with Gasteiger partial charge in [-0.3, -0.25) is 0 Å². The molecule has 2 heterocycles. The molecule has 5 atom stereocenters. The second-order valence-electron chi connectivity index (χ2n) is 9.71. The smallest absolute Gasteiger partial charge is 0.182 e. The fourth-order valence-electron chi connectivity index (χ4n) is 6.89. The third-order valence-corrected chi connectivity index (χ3v) is 8.33. The van der Waals surface area contributed by atoms with Crippen molar-refractivity contribution >= 4 is 17.0 Å². The van der Waals surface area contributed by atoms with Crippen molar-refractivity contribution in [3.05, 3.63) is 42.0 Å². The van der Waals surface area contributed by atoms with Gasteiger partial charge in [-0.2, -0.15) is 0 Å². The van der Waals surface area contributed by atoms with Gasteiger partial charge in [-0.1, -0.05) is 19.4 Å². The van der Waals surface area contributed by atoms with Crippen LogP contribution in [0.15, 0.2) is 30.9 Å². The summed E-state index contributed by atoms with van der Waals surface area (Å²) in [7, 11) is 1.75. The molecule has 2 saturated carbocycles. The average molecular weight is 404 g/mol. The molecule has 0 saturated heterocycles. The molecular formula is C24H29N5O. The van der Waals surface area contributed by atoms with Crippen LogP contribution in [-0.2, 0) is 0 Å². The number of rotatable bonds is 3. The van der Waals surface area contributed by atoms with E-state index in [-0.39, 0.29) is 6.04 Å². The standard InChI is InChI=1S/C24H29N5O/c1-24-8-3-4-19(24)17-11-20(29-23-21-22(26-12-25-21)27-13-28-23)18-10-14(30-2)5-6-15(18)16(17)7-9-24/h5-6,10,12-13,16-17,19-20H,3-4,7-9,11H2,1-2H3,(H2,25,26,27,28,29)/t16-,17-,19+,20-,24+/m1/s1. The Morgan fingerprint density at radius 3 is 2.97 bits per heavy atom. The zero-order chi connectivity index (χ0) is 20.3. The first-order valence-electron chi connectivity index (χ1n) is 11.2. The van der Waals surface area contributed by atoms with Crippen LogP contribution in [0.4, 0.5) is 5.82 Å². The van der Waals surface area contributed by atoms with Crippen LogP contribution >= 0.6 is 0 Å². The number of benzene rings is 1. The third-order valence-electron chi connectivity index (χ3n) is 8.33. The quantitative estimate of drug-likeness (QED) is 0.627. The number of aromatic nitrogens is 4. The van der Waals surface area contributed by atoms with Crippen molar-refractivity contribution in [2.24, 2.45) is 17.3 Å². The lowest BCUT2D eigenvalue weighted by Crippen LogP contribution is -2.41. The molecule has 2 fully saturated rings. The summed E-state index contributed by atoms with van der Waals surface area (Å²) < 4.78 is 5.59. The molecule has 0 aliphatic heterocycles. The number of imidazole rings is 1. The van der Waals surface area contributed by atoms with Gasteiger partial charge in [0.25, 0.3) is 0 Å². The van der Waals surface area contributed by atoms with E-state index in [0.29, 0.717) is 17.0 Å². The van der Waals surface area contributed by atoms with Crippen LogP contribution in [0.5, 0.6) is 5.75 Å². The molecule has 0 radical (unpaired) electrons. The van der Waals surface area contributed by atoms with Gasteiger partial charge in [-0.15, -0.1) is 0 Å². The minimum absolute atomic E-state index is 0.209. The van der Waals surface area contributed by atoms with Gasteiger partial charge in [0.15, 0.2) is 11.5 Å². The van der Waals surface area contributed by atoms with Gasteiger partial charge in [0.2, 0.25) is 0 Å². The Morgan fingerprint density at radius 1 is 1.13 bits per heavy atom. The minimum Gasteiger partial charge on any atom is -0.497 e. The summed E-state index contributed by atoms with van der Waals surface area (Å²) in [5, 5.41) is 3.77. The van der Waals surface area contributed by atoms with E-state index in [1.165, 1.54) is 43.2 Å². The topological polar surface area (TPSA) is 75.7 Å². The second-order valence-corrected chi connectivity index (χ2v) is 9.71. The molecule has 0 amide bonds.